The average molecular weight is 1520 g/mol. The second kappa shape index (κ2) is 75.4. The van der Waals surface area contributed by atoms with E-state index >= 15 is 0 Å². The van der Waals surface area contributed by atoms with Gasteiger partial charge in [0.15, 0.2) is 18.5 Å². The summed E-state index contributed by atoms with van der Waals surface area (Å²) < 4.78 is 36.9. The summed E-state index contributed by atoms with van der Waals surface area (Å²) in [6, 6.07) is 0. The molecule has 0 radical (unpaired) electrons. The number of hydrogen-bond acceptors (Lipinski definition) is 14. The third-order valence-electron chi connectivity index (χ3n) is 23.5. The third kappa shape index (κ3) is 56.9. The minimum atomic E-state index is -2.33. The van der Waals surface area contributed by atoms with Gasteiger partial charge in [-0.2, -0.15) is 0 Å². The first-order valence-electron chi connectivity index (χ1n) is 47.4. The number of esters is 3. The highest BCUT2D eigenvalue weighted by Crippen LogP contribution is 2.41. The molecule has 0 aromatic carbocycles. The van der Waals surface area contributed by atoms with E-state index in [1.807, 2.05) is 0 Å². The van der Waals surface area contributed by atoms with Gasteiger partial charge in [0.2, 0.25) is 5.79 Å². The number of rotatable bonds is 83. The number of carbonyl (C=O) groups is 3. The van der Waals surface area contributed by atoms with Gasteiger partial charge in [-0.15, -0.1) is 0 Å². The Morgan fingerprint density at radius 2 is 0.505 bits per heavy atom. The van der Waals surface area contributed by atoms with Crippen LogP contribution in [-0.2, 0) is 42.8 Å². The quantitative estimate of drug-likeness (QED) is 0.0218. The summed E-state index contributed by atoms with van der Waals surface area (Å²) in [4.78, 5) is 41.7. The number of aliphatic hydroxyl groups is 5. The monoisotopic (exact) mass is 1520 g/mol. The van der Waals surface area contributed by atoms with Gasteiger partial charge in [-0.1, -0.05) is 464 Å². The minimum absolute atomic E-state index is 0.0230. The molecule has 0 amide bonds. The number of unbranched alkanes of at least 4 members (excludes halogenated alkanes) is 69. The van der Waals surface area contributed by atoms with Gasteiger partial charge < -0.3 is 54.0 Å². The van der Waals surface area contributed by atoms with E-state index in [-0.39, 0.29) is 19.3 Å². The fourth-order valence-corrected chi connectivity index (χ4v) is 16.2. The van der Waals surface area contributed by atoms with Gasteiger partial charge in [0.25, 0.3) is 0 Å². The third-order valence-corrected chi connectivity index (χ3v) is 23.5. The molecule has 2 aliphatic rings. The van der Waals surface area contributed by atoms with E-state index in [0.29, 0.717) is 19.3 Å². The second-order valence-electron chi connectivity index (χ2n) is 33.6. The van der Waals surface area contributed by atoms with Crippen molar-refractivity contribution in [1.82, 2.24) is 0 Å². The van der Waals surface area contributed by atoms with Gasteiger partial charge in [-0.25, -0.2) is 0 Å². The van der Waals surface area contributed by atoms with Gasteiger partial charge in [0.05, 0.1) is 13.2 Å². The normalized spacial score (nSPS) is 20.2. The van der Waals surface area contributed by atoms with Crippen molar-refractivity contribution in [2.24, 2.45) is 0 Å². The predicted octanol–water partition coefficient (Wildman–Crippen LogP) is 25.6. The number of carbonyl (C=O) groups excluding carboxylic acids is 3. The van der Waals surface area contributed by atoms with Crippen molar-refractivity contribution in [3.63, 3.8) is 0 Å². The summed E-state index contributed by atoms with van der Waals surface area (Å²) in [7, 11) is 0. The Hall–Kier alpha value is -1.91. The molecule has 0 bridgehead atoms. The van der Waals surface area contributed by atoms with Crippen LogP contribution in [0.3, 0.4) is 0 Å². The zero-order valence-electron chi connectivity index (χ0n) is 70.7. The van der Waals surface area contributed by atoms with Crippen LogP contribution < -0.4 is 0 Å². The molecule has 0 aromatic rings. The molecule has 0 aliphatic carbocycles. The molecule has 14 heteroatoms. The van der Waals surface area contributed by atoms with Crippen LogP contribution in [0.2, 0.25) is 0 Å². The molecular weight excluding hydrogens is 1340 g/mol. The summed E-state index contributed by atoms with van der Waals surface area (Å²) in [6.07, 6.45) is 78.7. The second-order valence-corrected chi connectivity index (χ2v) is 33.6. The van der Waals surface area contributed by atoms with E-state index in [2.05, 4.69) is 20.8 Å². The maximum absolute atomic E-state index is 14.1. The lowest BCUT2D eigenvalue weighted by Crippen LogP contribution is -2.63. The highest BCUT2D eigenvalue weighted by Gasteiger charge is 2.63. The smallest absolute Gasteiger partial charge is 0.306 e. The average Bonchev–Trinajstić information content (AvgIpc) is 1.62. The first-order chi connectivity index (χ1) is 52.6. The lowest BCUT2D eigenvalue weighted by Gasteiger charge is -2.43. The Labute approximate surface area is 659 Å². The van der Waals surface area contributed by atoms with E-state index in [9.17, 15) is 39.9 Å². The Bertz CT molecular complexity index is 1910. The fourth-order valence-electron chi connectivity index (χ4n) is 16.2. The van der Waals surface area contributed by atoms with Gasteiger partial charge in [-0.05, 0) is 19.3 Å². The standard InChI is InChI=1S/C93H178O14/c1-4-7-10-13-16-19-22-25-28-31-34-37-40-43-46-49-52-55-58-61-64-67-70-73-76-84(96)102-81-93(107-92-89(101)88(100)87(99)82(79-94)103-92)91(105-86(98)78-75-72-69-66-63-60-57-54-51-48-45-42-39-36-33-30-27-24-21-18-15-12-9-6-3)90(83(80-95)106-93)104-85(97)77-74-71-68-65-62-59-56-53-50-47-44-41-38-35-32-29-26-23-20-17-14-11-8-5-2/h82-83,87-92,94-95,99-101H,4-81H2,1-3H3/t82-,83-,87-,88+,89-,90-,91+,92-,93+/m1/s1. The molecule has 14 nitrogen and oxygen atoms in total. The molecule has 0 aromatic heterocycles. The maximum Gasteiger partial charge on any atom is 0.306 e. The van der Waals surface area contributed by atoms with Crippen LogP contribution in [0.5, 0.6) is 0 Å². The van der Waals surface area contributed by atoms with Crippen LogP contribution in [0, 0.1) is 0 Å². The number of aliphatic hydroxyl groups excluding tert-OH is 5. The van der Waals surface area contributed by atoms with Crippen LogP contribution in [0.1, 0.15) is 502 Å². The van der Waals surface area contributed by atoms with Gasteiger partial charge in [0.1, 0.15) is 37.1 Å². The highest BCUT2D eigenvalue weighted by atomic mass is 16.8. The lowest BCUT2D eigenvalue weighted by molar-refractivity contribution is -0.384. The van der Waals surface area contributed by atoms with E-state index in [1.165, 1.54) is 366 Å². The molecule has 0 spiro atoms. The Kier molecular flexibility index (Phi) is 71.3. The topological polar surface area (TPSA) is 208 Å². The van der Waals surface area contributed by atoms with Crippen LogP contribution in [-0.4, -0.2) is 118 Å². The zero-order chi connectivity index (χ0) is 77.2. The lowest BCUT2D eigenvalue weighted by atomic mass is 9.98. The summed E-state index contributed by atoms with van der Waals surface area (Å²) in [5.74, 6) is -4.14. The van der Waals surface area contributed by atoms with Crippen molar-refractivity contribution in [2.75, 3.05) is 19.8 Å². The molecule has 634 valence electrons. The SMILES string of the molecule is CCCCCCCCCCCCCCCCCCCCCCCCCCC(=O)OC[C@@]1(O[C@H]2O[C@H](CO)[C@@H](O)[C@H](O)[C@H]2O)O[C@H](CO)[C@@H](OC(=O)CCCCCCCCCCCCCCCCCCCCCCCCCC)[C@@H]1OC(=O)CCCCCCCCCCCCCCCCCCCCCCCCCC. The van der Waals surface area contributed by atoms with Gasteiger partial charge in [0, 0.05) is 19.3 Å². The Morgan fingerprint density at radius 1 is 0.280 bits per heavy atom. The van der Waals surface area contributed by atoms with Crippen molar-refractivity contribution in [3.05, 3.63) is 0 Å². The minimum Gasteiger partial charge on any atom is -0.460 e. The summed E-state index contributed by atoms with van der Waals surface area (Å²) in [5, 5.41) is 54.1. The molecule has 2 rings (SSSR count). The van der Waals surface area contributed by atoms with E-state index in [0.717, 1.165) is 77.0 Å². The molecule has 0 unspecified atom stereocenters. The van der Waals surface area contributed by atoms with Crippen LogP contribution in [0.15, 0.2) is 0 Å². The van der Waals surface area contributed by atoms with Crippen molar-refractivity contribution in [2.45, 2.75) is 557 Å². The first kappa shape index (κ1) is 101. The molecule has 2 aliphatic heterocycles. The Morgan fingerprint density at radius 3 is 0.748 bits per heavy atom. The van der Waals surface area contributed by atoms with Crippen molar-refractivity contribution in [1.29, 1.82) is 0 Å². The fraction of sp³-hybridized carbons (Fsp3) is 0.968. The van der Waals surface area contributed by atoms with Crippen molar-refractivity contribution in [3.8, 4) is 0 Å². The van der Waals surface area contributed by atoms with Crippen LogP contribution in [0.4, 0.5) is 0 Å². The molecule has 2 saturated heterocycles. The zero-order valence-corrected chi connectivity index (χ0v) is 70.7. The van der Waals surface area contributed by atoms with Gasteiger partial charge in [-0.3, -0.25) is 14.4 Å². The maximum atomic E-state index is 14.1. The summed E-state index contributed by atoms with van der Waals surface area (Å²) in [6.45, 7) is 4.68. The largest absolute Gasteiger partial charge is 0.460 e. The van der Waals surface area contributed by atoms with Crippen molar-refractivity contribution < 1.29 is 68.3 Å². The van der Waals surface area contributed by atoms with E-state index in [4.69, 9.17) is 28.4 Å². The number of ether oxygens (including phenoxy) is 6. The molecule has 107 heavy (non-hydrogen) atoms. The number of hydrogen-bond donors (Lipinski definition) is 5. The molecule has 0 saturated carbocycles. The molecule has 2 heterocycles. The predicted molar refractivity (Wildman–Crippen MR) is 444 cm³/mol. The Balaban J connectivity index is 1.91. The highest BCUT2D eigenvalue weighted by molar-refractivity contribution is 5.71. The van der Waals surface area contributed by atoms with Crippen LogP contribution in [0.25, 0.3) is 0 Å². The first-order valence-corrected chi connectivity index (χ1v) is 47.4. The van der Waals surface area contributed by atoms with E-state index in [1.54, 1.807) is 0 Å². The van der Waals surface area contributed by atoms with Crippen molar-refractivity contribution >= 4 is 17.9 Å². The summed E-state index contributed by atoms with van der Waals surface area (Å²) >= 11 is 0. The van der Waals surface area contributed by atoms with Gasteiger partial charge >= 0.3 is 17.9 Å². The van der Waals surface area contributed by atoms with E-state index < -0.39 is 92.5 Å². The molecule has 2 fully saturated rings. The molecular formula is C93H178O14. The molecule has 5 N–H and O–H groups in total. The summed E-state index contributed by atoms with van der Waals surface area (Å²) in [5.41, 5.74) is 0. The molecule has 9 atom stereocenters. The van der Waals surface area contributed by atoms with Crippen LogP contribution >= 0.6 is 0 Å².